The Hall–Kier alpha value is -5.28. The summed E-state index contributed by atoms with van der Waals surface area (Å²) in [6.45, 7) is 0.138. The highest BCUT2D eigenvalue weighted by atomic mass is 16.2. The maximum absolute atomic E-state index is 13.8. The van der Waals surface area contributed by atoms with E-state index in [9.17, 15) is 19.2 Å². The number of benzene rings is 4. The molecule has 0 aliphatic heterocycles. The van der Waals surface area contributed by atoms with E-state index < -0.39 is 35.8 Å². The zero-order valence-corrected chi connectivity index (χ0v) is 25.7. The number of carbonyl (C=O) groups is 4. The molecule has 0 heterocycles. The fourth-order valence-electron chi connectivity index (χ4n) is 5.15. The first-order valence-electron chi connectivity index (χ1n) is 15.4. The second-order valence-corrected chi connectivity index (χ2v) is 11.2. The average Bonchev–Trinajstić information content (AvgIpc) is 3.07. The average molecular weight is 620 g/mol. The van der Waals surface area contributed by atoms with Gasteiger partial charge in [0.25, 0.3) is 0 Å². The maximum atomic E-state index is 13.8. The van der Waals surface area contributed by atoms with Crippen LogP contribution in [0.25, 0.3) is 11.1 Å². The number of nitrogens with two attached hydrogens (primary N) is 2. The molecule has 0 fully saturated rings. The number of carbonyl (C=O) groups excluding carboxylic acids is 4. The van der Waals surface area contributed by atoms with Gasteiger partial charge in [-0.15, -0.1) is 0 Å². The first kappa shape index (κ1) is 33.6. The Bertz CT molecular complexity index is 1560. The third-order valence-corrected chi connectivity index (χ3v) is 7.66. The lowest BCUT2D eigenvalue weighted by molar-refractivity contribution is -0.133. The molecule has 7 N–H and O–H groups in total. The summed E-state index contributed by atoms with van der Waals surface area (Å²) in [5, 5.41) is 8.38. The van der Waals surface area contributed by atoms with E-state index >= 15 is 0 Å². The van der Waals surface area contributed by atoms with Crippen LogP contribution in [0.3, 0.4) is 0 Å². The van der Waals surface area contributed by atoms with Gasteiger partial charge in [0.15, 0.2) is 0 Å². The molecule has 4 rings (SSSR count). The Balaban J connectivity index is 1.55. The summed E-state index contributed by atoms with van der Waals surface area (Å²) in [5.74, 6) is -2.12. The van der Waals surface area contributed by atoms with Crippen molar-refractivity contribution in [3.05, 3.63) is 132 Å². The van der Waals surface area contributed by atoms with Gasteiger partial charge in [-0.1, -0.05) is 115 Å². The summed E-state index contributed by atoms with van der Waals surface area (Å²) in [4.78, 5) is 52.4. The zero-order valence-electron chi connectivity index (χ0n) is 25.7. The molecule has 0 aromatic heterocycles. The number of amides is 4. The molecule has 9 heteroatoms. The van der Waals surface area contributed by atoms with E-state index in [4.69, 9.17) is 11.5 Å². The molecule has 4 aromatic rings. The van der Waals surface area contributed by atoms with Crippen LogP contribution in [-0.2, 0) is 38.4 Å². The molecule has 0 aliphatic rings. The van der Waals surface area contributed by atoms with E-state index in [-0.39, 0.29) is 31.7 Å². The third kappa shape index (κ3) is 10.4. The van der Waals surface area contributed by atoms with Crippen molar-refractivity contribution in [3.63, 3.8) is 0 Å². The number of hydrogen-bond acceptors (Lipinski definition) is 5. The molecule has 0 aliphatic carbocycles. The highest BCUT2D eigenvalue weighted by molar-refractivity contribution is 5.94. The van der Waals surface area contributed by atoms with Crippen LogP contribution in [0.5, 0.6) is 0 Å². The van der Waals surface area contributed by atoms with Crippen molar-refractivity contribution >= 4 is 23.6 Å². The van der Waals surface area contributed by atoms with Crippen LogP contribution >= 0.6 is 0 Å². The van der Waals surface area contributed by atoms with Crippen LogP contribution in [0, 0.1) is 0 Å². The molecule has 0 spiro atoms. The molecule has 4 aromatic carbocycles. The van der Waals surface area contributed by atoms with Gasteiger partial charge < -0.3 is 27.4 Å². The highest BCUT2D eigenvalue weighted by Crippen LogP contribution is 2.20. The van der Waals surface area contributed by atoms with Gasteiger partial charge in [0, 0.05) is 25.8 Å². The van der Waals surface area contributed by atoms with Crippen LogP contribution in [-0.4, -0.2) is 48.3 Å². The van der Waals surface area contributed by atoms with Crippen LogP contribution in [0.15, 0.2) is 115 Å². The lowest BCUT2D eigenvalue weighted by atomic mass is 9.99. The second kappa shape index (κ2) is 17.3. The normalized spacial score (nSPS) is 12.7. The van der Waals surface area contributed by atoms with Crippen molar-refractivity contribution in [2.75, 3.05) is 6.54 Å². The molecule has 238 valence electrons. The SMILES string of the molecule is NCCC(=O)N[C@H](CCc1ccccc1)C(=O)N[C@@H](Cc1ccc(-c2ccccc2)cc1)C(=O)N[C@H](Cc1ccccc1)C(N)=O. The first-order chi connectivity index (χ1) is 22.3. The van der Waals surface area contributed by atoms with Crippen molar-refractivity contribution in [3.8, 4) is 11.1 Å². The molecule has 0 radical (unpaired) electrons. The Morgan fingerprint density at radius 3 is 1.61 bits per heavy atom. The molecule has 0 unspecified atom stereocenters. The fourth-order valence-corrected chi connectivity index (χ4v) is 5.15. The van der Waals surface area contributed by atoms with Crippen molar-refractivity contribution in [2.24, 2.45) is 11.5 Å². The largest absolute Gasteiger partial charge is 0.368 e. The van der Waals surface area contributed by atoms with E-state index in [1.807, 2.05) is 115 Å². The van der Waals surface area contributed by atoms with Crippen molar-refractivity contribution in [1.82, 2.24) is 16.0 Å². The van der Waals surface area contributed by atoms with Gasteiger partial charge >= 0.3 is 0 Å². The number of nitrogens with one attached hydrogen (secondary N) is 3. The van der Waals surface area contributed by atoms with E-state index in [0.29, 0.717) is 12.8 Å². The highest BCUT2D eigenvalue weighted by Gasteiger charge is 2.29. The van der Waals surface area contributed by atoms with Gasteiger partial charge in [-0.05, 0) is 40.7 Å². The molecule has 9 nitrogen and oxygen atoms in total. The summed E-state index contributed by atoms with van der Waals surface area (Å²) >= 11 is 0. The first-order valence-corrected chi connectivity index (χ1v) is 15.4. The topological polar surface area (TPSA) is 156 Å². The minimum Gasteiger partial charge on any atom is -0.368 e. The van der Waals surface area contributed by atoms with Crippen LogP contribution < -0.4 is 27.4 Å². The van der Waals surface area contributed by atoms with Crippen LogP contribution in [0.4, 0.5) is 0 Å². The monoisotopic (exact) mass is 619 g/mol. The molecule has 46 heavy (non-hydrogen) atoms. The number of primary amides is 1. The lowest BCUT2D eigenvalue weighted by Crippen LogP contribution is -2.57. The Morgan fingerprint density at radius 2 is 1.02 bits per heavy atom. The summed E-state index contributed by atoms with van der Waals surface area (Å²) in [7, 11) is 0. The van der Waals surface area contributed by atoms with E-state index in [1.165, 1.54) is 0 Å². The molecule has 4 amide bonds. The summed E-state index contributed by atoms with van der Waals surface area (Å²) in [6, 6.07) is 33.5. The number of rotatable bonds is 16. The Kier molecular flexibility index (Phi) is 12.6. The van der Waals surface area contributed by atoms with Crippen LogP contribution in [0.1, 0.15) is 29.5 Å². The molecule has 3 atom stereocenters. The minimum absolute atomic E-state index is 0.0621. The molecular weight excluding hydrogens is 578 g/mol. The fraction of sp³-hybridized carbons (Fsp3) is 0.243. The predicted molar refractivity (Wildman–Crippen MR) is 179 cm³/mol. The van der Waals surface area contributed by atoms with E-state index in [0.717, 1.165) is 27.8 Å². The quantitative estimate of drug-likeness (QED) is 0.130. The smallest absolute Gasteiger partial charge is 0.243 e. The van der Waals surface area contributed by atoms with Gasteiger partial charge in [0.1, 0.15) is 18.1 Å². The summed E-state index contributed by atoms with van der Waals surface area (Å²) < 4.78 is 0. The van der Waals surface area contributed by atoms with E-state index in [1.54, 1.807) is 0 Å². The third-order valence-electron chi connectivity index (χ3n) is 7.66. The van der Waals surface area contributed by atoms with Gasteiger partial charge in [0.2, 0.25) is 23.6 Å². The van der Waals surface area contributed by atoms with Gasteiger partial charge in [-0.25, -0.2) is 0 Å². The van der Waals surface area contributed by atoms with Crippen LogP contribution in [0.2, 0.25) is 0 Å². The summed E-state index contributed by atoms with van der Waals surface area (Å²) in [5.41, 5.74) is 16.0. The van der Waals surface area contributed by atoms with Crippen molar-refractivity contribution in [2.45, 2.75) is 50.2 Å². The lowest BCUT2D eigenvalue weighted by Gasteiger charge is -2.25. The van der Waals surface area contributed by atoms with Crippen molar-refractivity contribution in [1.29, 1.82) is 0 Å². The molecule has 0 saturated heterocycles. The Labute approximate surface area is 269 Å². The Morgan fingerprint density at radius 1 is 0.543 bits per heavy atom. The number of aryl methyl sites for hydroxylation is 1. The van der Waals surface area contributed by atoms with Gasteiger partial charge in [0.05, 0.1) is 0 Å². The maximum Gasteiger partial charge on any atom is 0.243 e. The molecule has 0 saturated carbocycles. The van der Waals surface area contributed by atoms with E-state index in [2.05, 4.69) is 16.0 Å². The second-order valence-electron chi connectivity index (χ2n) is 11.2. The number of hydrogen-bond donors (Lipinski definition) is 5. The standard InChI is InChI=1S/C37H41N5O4/c38-23-22-34(43)40-31(21-18-26-10-4-1-5-11-26)36(45)42-33(25-28-16-19-30(20-17-28)29-14-8-3-9-15-29)37(46)41-32(35(39)44)24-27-12-6-2-7-13-27/h1-17,19-20,31-33H,18,21-25,38H2,(H2,39,44)(H,40,43)(H,41,46)(H,42,45)/t31-,32-,33+/m1/s1. The zero-order chi connectivity index (χ0) is 32.7. The predicted octanol–water partition coefficient (Wildman–Crippen LogP) is 3.06. The van der Waals surface area contributed by atoms with Gasteiger partial charge in [-0.2, -0.15) is 0 Å². The molecule has 0 bridgehead atoms. The van der Waals surface area contributed by atoms with Gasteiger partial charge in [-0.3, -0.25) is 19.2 Å². The minimum atomic E-state index is -1.06. The van der Waals surface area contributed by atoms with Crippen molar-refractivity contribution < 1.29 is 19.2 Å². The molecular formula is C37H41N5O4. The summed E-state index contributed by atoms with van der Waals surface area (Å²) in [6.07, 6.45) is 1.24.